The summed E-state index contributed by atoms with van der Waals surface area (Å²) < 4.78 is 32.6. The van der Waals surface area contributed by atoms with Gasteiger partial charge in [0.05, 0.1) is 10.5 Å². The third kappa shape index (κ3) is 5.32. The molecule has 0 aliphatic carbocycles. The van der Waals surface area contributed by atoms with Crippen LogP contribution in [0, 0.1) is 6.92 Å². The van der Waals surface area contributed by atoms with Gasteiger partial charge in [-0.25, -0.2) is 13.2 Å². The third-order valence-corrected chi connectivity index (χ3v) is 7.14. The van der Waals surface area contributed by atoms with Crippen molar-refractivity contribution in [1.29, 1.82) is 0 Å². The topological polar surface area (TPSA) is 92.8 Å². The summed E-state index contributed by atoms with van der Waals surface area (Å²) in [6.07, 6.45) is 3.44. The van der Waals surface area contributed by atoms with Crippen LogP contribution in [0.3, 0.4) is 0 Å². The molecule has 0 saturated carbocycles. The molecule has 1 heterocycles. The highest BCUT2D eigenvalue weighted by atomic mass is 32.2. The van der Waals surface area contributed by atoms with Crippen molar-refractivity contribution in [2.45, 2.75) is 70.4 Å². The van der Waals surface area contributed by atoms with E-state index in [1.807, 2.05) is 20.8 Å². The summed E-state index contributed by atoms with van der Waals surface area (Å²) in [7, 11) is -3.69. The summed E-state index contributed by atoms with van der Waals surface area (Å²) in [4.78, 5) is 24.3. The van der Waals surface area contributed by atoms with E-state index in [1.54, 1.807) is 13.0 Å². The summed E-state index contributed by atoms with van der Waals surface area (Å²) in [5, 5.41) is 2.72. The van der Waals surface area contributed by atoms with Crippen LogP contribution in [0.5, 0.6) is 0 Å². The molecule has 0 radical (unpaired) electrons. The average Bonchev–Trinajstić information content (AvgIpc) is 2.66. The van der Waals surface area contributed by atoms with Crippen molar-refractivity contribution in [2.24, 2.45) is 0 Å². The summed E-state index contributed by atoms with van der Waals surface area (Å²) in [6.45, 7) is 7.48. The fourth-order valence-electron chi connectivity index (χ4n) is 3.17. The molecule has 1 aromatic carbocycles. The Bertz CT molecular complexity index is 822. The molecular formula is C20H30N2O5S. The van der Waals surface area contributed by atoms with Gasteiger partial charge in [-0.2, -0.15) is 4.31 Å². The first kappa shape index (κ1) is 22.4. The number of aryl methyl sites for hydroxylation is 1. The maximum atomic E-state index is 13.0. The highest BCUT2D eigenvalue weighted by Gasteiger charge is 2.31. The third-order valence-electron chi connectivity index (χ3n) is 5.13. The van der Waals surface area contributed by atoms with Crippen LogP contribution in [0.25, 0.3) is 0 Å². The van der Waals surface area contributed by atoms with Crippen molar-refractivity contribution in [3.63, 3.8) is 0 Å². The Balaban J connectivity index is 2.16. The SMILES string of the molecule is CCC(C)NC(=O)COC(=O)c1cc(S(=O)(=O)N2CCCCC2C)ccc1C. The number of benzene rings is 1. The Labute approximate surface area is 167 Å². The van der Waals surface area contributed by atoms with E-state index in [0.717, 1.165) is 25.7 Å². The van der Waals surface area contributed by atoms with E-state index < -0.39 is 22.6 Å². The van der Waals surface area contributed by atoms with Gasteiger partial charge in [-0.15, -0.1) is 0 Å². The molecule has 2 rings (SSSR count). The number of hydrogen-bond donors (Lipinski definition) is 1. The van der Waals surface area contributed by atoms with Gasteiger partial charge < -0.3 is 10.1 Å². The molecule has 0 aromatic heterocycles. The van der Waals surface area contributed by atoms with Crippen molar-refractivity contribution >= 4 is 21.9 Å². The second-order valence-electron chi connectivity index (χ2n) is 7.39. The van der Waals surface area contributed by atoms with Gasteiger partial charge in [0.15, 0.2) is 6.61 Å². The summed E-state index contributed by atoms with van der Waals surface area (Å²) in [6, 6.07) is 4.38. The second-order valence-corrected chi connectivity index (χ2v) is 9.28. The lowest BCUT2D eigenvalue weighted by molar-refractivity contribution is -0.124. The number of amides is 1. The Kier molecular flexibility index (Phi) is 7.60. The van der Waals surface area contributed by atoms with Crippen LogP contribution in [0.2, 0.25) is 0 Å². The van der Waals surface area contributed by atoms with Gasteiger partial charge in [-0.3, -0.25) is 4.79 Å². The van der Waals surface area contributed by atoms with Gasteiger partial charge in [-0.1, -0.05) is 19.4 Å². The zero-order valence-corrected chi connectivity index (χ0v) is 17.8. The normalized spacial score (nSPS) is 19.1. The second kappa shape index (κ2) is 9.52. The van der Waals surface area contributed by atoms with E-state index in [9.17, 15) is 18.0 Å². The van der Waals surface area contributed by atoms with Crippen molar-refractivity contribution in [3.05, 3.63) is 29.3 Å². The fraction of sp³-hybridized carbons (Fsp3) is 0.600. The molecule has 1 aromatic rings. The molecule has 1 saturated heterocycles. The maximum Gasteiger partial charge on any atom is 0.338 e. The van der Waals surface area contributed by atoms with Gasteiger partial charge in [0.2, 0.25) is 10.0 Å². The van der Waals surface area contributed by atoms with Crippen molar-refractivity contribution in [1.82, 2.24) is 9.62 Å². The van der Waals surface area contributed by atoms with Gasteiger partial charge in [-0.05, 0) is 57.7 Å². The molecule has 2 unspecified atom stereocenters. The molecular weight excluding hydrogens is 380 g/mol. The molecule has 1 fully saturated rings. The minimum atomic E-state index is -3.69. The van der Waals surface area contributed by atoms with Gasteiger partial charge in [0, 0.05) is 18.6 Å². The first-order chi connectivity index (χ1) is 13.2. The molecule has 28 heavy (non-hydrogen) atoms. The van der Waals surface area contributed by atoms with Gasteiger partial charge in [0.1, 0.15) is 0 Å². The Morgan fingerprint density at radius 3 is 2.68 bits per heavy atom. The molecule has 7 nitrogen and oxygen atoms in total. The number of carbonyl (C=O) groups is 2. The number of sulfonamides is 1. The largest absolute Gasteiger partial charge is 0.452 e. The van der Waals surface area contributed by atoms with Gasteiger partial charge >= 0.3 is 5.97 Å². The van der Waals surface area contributed by atoms with E-state index in [2.05, 4.69) is 5.32 Å². The van der Waals surface area contributed by atoms with E-state index >= 15 is 0 Å². The number of carbonyl (C=O) groups excluding carboxylic acids is 2. The van der Waals surface area contributed by atoms with Crippen LogP contribution >= 0.6 is 0 Å². The molecule has 1 amide bonds. The number of hydrogen-bond acceptors (Lipinski definition) is 5. The lowest BCUT2D eigenvalue weighted by atomic mass is 10.1. The van der Waals surface area contributed by atoms with Crippen molar-refractivity contribution in [2.75, 3.05) is 13.2 Å². The number of ether oxygens (including phenoxy) is 1. The first-order valence-corrected chi connectivity index (χ1v) is 11.2. The average molecular weight is 411 g/mol. The fourth-order valence-corrected chi connectivity index (χ4v) is 4.90. The molecule has 156 valence electrons. The molecule has 1 aliphatic heterocycles. The van der Waals surface area contributed by atoms with E-state index in [1.165, 1.54) is 16.4 Å². The first-order valence-electron chi connectivity index (χ1n) is 9.75. The lowest BCUT2D eigenvalue weighted by Gasteiger charge is -2.32. The van der Waals surface area contributed by atoms with Crippen LogP contribution in [0.4, 0.5) is 0 Å². The number of nitrogens with zero attached hydrogens (tertiary/aromatic N) is 1. The molecule has 1 N–H and O–H groups in total. The highest BCUT2D eigenvalue weighted by Crippen LogP contribution is 2.26. The zero-order valence-electron chi connectivity index (χ0n) is 17.0. The molecule has 0 spiro atoms. The van der Waals surface area contributed by atoms with E-state index in [4.69, 9.17) is 4.74 Å². The van der Waals surface area contributed by atoms with Gasteiger partial charge in [0.25, 0.3) is 5.91 Å². The van der Waals surface area contributed by atoms with E-state index in [0.29, 0.717) is 12.1 Å². The maximum absolute atomic E-state index is 13.0. The van der Waals surface area contributed by atoms with Crippen LogP contribution in [0.15, 0.2) is 23.1 Å². The predicted octanol–water partition coefficient (Wildman–Crippen LogP) is 2.63. The highest BCUT2D eigenvalue weighted by molar-refractivity contribution is 7.89. The molecule has 1 aliphatic rings. The van der Waals surface area contributed by atoms with Crippen LogP contribution in [-0.4, -0.2) is 49.8 Å². The molecule has 2 atom stereocenters. The van der Waals surface area contributed by atoms with Crippen LogP contribution in [0.1, 0.15) is 62.4 Å². The molecule has 8 heteroatoms. The van der Waals surface area contributed by atoms with Crippen LogP contribution < -0.4 is 5.32 Å². The number of rotatable bonds is 7. The smallest absolute Gasteiger partial charge is 0.338 e. The Hall–Kier alpha value is -1.93. The summed E-state index contributed by atoms with van der Waals surface area (Å²) in [5.41, 5.74) is 0.750. The summed E-state index contributed by atoms with van der Waals surface area (Å²) in [5.74, 6) is -1.09. The Morgan fingerprint density at radius 1 is 1.32 bits per heavy atom. The number of esters is 1. The minimum Gasteiger partial charge on any atom is -0.452 e. The predicted molar refractivity (Wildman–Crippen MR) is 107 cm³/mol. The molecule has 0 bridgehead atoms. The monoisotopic (exact) mass is 410 g/mol. The number of piperidine rings is 1. The van der Waals surface area contributed by atoms with Crippen molar-refractivity contribution in [3.8, 4) is 0 Å². The minimum absolute atomic E-state index is 0.00654. The zero-order chi connectivity index (χ0) is 20.9. The number of nitrogens with one attached hydrogen (secondary N) is 1. The lowest BCUT2D eigenvalue weighted by Crippen LogP contribution is -2.42. The summed E-state index contributed by atoms with van der Waals surface area (Å²) >= 11 is 0. The van der Waals surface area contributed by atoms with Crippen molar-refractivity contribution < 1.29 is 22.7 Å². The quantitative estimate of drug-likeness (QED) is 0.698. The van der Waals surface area contributed by atoms with E-state index in [-0.39, 0.29) is 28.4 Å². The standard InChI is InChI=1S/C20H30N2O5S/c1-5-15(3)21-19(23)13-27-20(24)18-12-17(10-9-14(18)2)28(25,26)22-11-7-6-8-16(22)4/h9-10,12,15-16H,5-8,11,13H2,1-4H3,(H,21,23). The van der Waals surface area contributed by atoms with Crippen LogP contribution in [-0.2, 0) is 19.6 Å². The Morgan fingerprint density at radius 2 is 2.04 bits per heavy atom.